The molecule has 0 aliphatic carbocycles. The van der Waals surface area contributed by atoms with E-state index < -0.39 is 6.17 Å². The number of benzene rings is 2. The minimum atomic E-state index is -1.43. The summed E-state index contributed by atoms with van der Waals surface area (Å²) in [5.41, 5.74) is 2.70. The highest BCUT2D eigenvalue weighted by atomic mass is 32.1. The molecule has 1 fully saturated rings. The number of piperidine rings is 1. The Hall–Kier alpha value is -3.43. The van der Waals surface area contributed by atoms with Gasteiger partial charge in [0.05, 0.1) is 10.2 Å². The van der Waals surface area contributed by atoms with Crippen molar-refractivity contribution in [1.29, 1.82) is 0 Å². The van der Waals surface area contributed by atoms with E-state index in [-0.39, 0.29) is 12.5 Å². The molecule has 1 N–H and O–H groups in total. The molecule has 0 saturated carbocycles. The van der Waals surface area contributed by atoms with Crippen LogP contribution >= 0.6 is 11.3 Å². The quantitative estimate of drug-likeness (QED) is 0.343. The van der Waals surface area contributed by atoms with Crippen LogP contribution in [-0.4, -0.2) is 51.9 Å². The number of hydrogen-bond donors (Lipinski definition) is 1. The highest BCUT2D eigenvalue weighted by Crippen LogP contribution is 2.34. The molecule has 2 aromatic heterocycles. The predicted octanol–water partition coefficient (Wildman–Crippen LogP) is 5.34. The number of likely N-dealkylation sites (tertiary alicyclic amines) is 1. The molecule has 7 nitrogen and oxygen atoms in total. The summed E-state index contributed by atoms with van der Waals surface area (Å²) in [6, 6.07) is 15.7. The Balaban J connectivity index is 1.23. The molecule has 0 unspecified atom stereocenters. The standard InChI is InChI=1S/C25H24FN5O2S/c26-18(16-32)15-31-13-9-17(10-14-31)23-24(28-12-11-27-23)33-20-7-5-19(6-8-20)29-25-30-21-3-1-2-4-22(21)34-25/h1-8,11-12,16-18H,9-10,13-15H2,(H,29,30)/t18-/m1/s1. The van der Waals surface area contributed by atoms with E-state index in [0.29, 0.717) is 31.0 Å². The number of aldehydes is 1. The van der Waals surface area contributed by atoms with Crippen molar-refractivity contribution < 1.29 is 13.9 Å². The Morgan fingerprint density at radius 3 is 2.65 bits per heavy atom. The van der Waals surface area contributed by atoms with Gasteiger partial charge in [-0.1, -0.05) is 23.5 Å². The van der Waals surface area contributed by atoms with Gasteiger partial charge >= 0.3 is 0 Å². The first kappa shape index (κ1) is 22.4. The van der Waals surface area contributed by atoms with E-state index >= 15 is 0 Å². The molecule has 0 radical (unpaired) electrons. The van der Waals surface area contributed by atoms with Crippen molar-refractivity contribution in [3.8, 4) is 11.6 Å². The van der Waals surface area contributed by atoms with Crippen LogP contribution in [0.25, 0.3) is 10.2 Å². The number of halogens is 1. The van der Waals surface area contributed by atoms with Gasteiger partial charge in [-0.2, -0.15) is 0 Å². The summed E-state index contributed by atoms with van der Waals surface area (Å²) in [6.45, 7) is 1.57. The number of carbonyl (C=O) groups excluding carboxylic acids is 1. The minimum Gasteiger partial charge on any atom is -0.437 e. The lowest BCUT2D eigenvalue weighted by atomic mass is 9.93. The van der Waals surface area contributed by atoms with Gasteiger partial charge in [-0.25, -0.2) is 14.4 Å². The molecule has 34 heavy (non-hydrogen) atoms. The molecule has 174 valence electrons. The molecule has 4 aromatic rings. The number of para-hydroxylation sites is 1. The van der Waals surface area contributed by atoms with Gasteiger partial charge in [-0.3, -0.25) is 9.88 Å². The maximum Gasteiger partial charge on any atom is 0.241 e. The molecular formula is C25H24FN5O2S. The van der Waals surface area contributed by atoms with Crippen molar-refractivity contribution in [2.75, 3.05) is 25.0 Å². The maximum atomic E-state index is 13.4. The van der Waals surface area contributed by atoms with Crippen molar-refractivity contribution >= 4 is 38.7 Å². The van der Waals surface area contributed by atoms with E-state index in [4.69, 9.17) is 4.74 Å². The summed E-state index contributed by atoms with van der Waals surface area (Å²) in [6.07, 6.45) is 3.84. The van der Waals surface area contributed by atoms with Crippen molar-refractivity contribution in [2.24, 2.45) is 0 Å². The van der Waals surface area contributed by atoms with Gasteiger partial charge in [0.1, 0.15) is 11.4 Å². The molecule has 1 aliphatic rings. The average molecular weight is 478 g/mol. The number of anilines is 2. The van der Waals surface area contributed by atoms with Crippen LogP contribution in [0.2, 0.25) is 0 Å². The fraction of sp³-hybridized carbons (Fsp3) is 0.280. The van der Waals surface area contributed by atoms with Crippen LogP contribution in [-0.2, 0) is 4.79 Å². The number of nitrogens with one attached hydrogen (secondary N) is 1. The fourth-order valence-electron chi connectivity index (χ4n) is 4.14. The molecule has 0 bridgehead atoms. The predicted molar refractivity (Wildman–Crippen MR) is 131 cm³/mol. The number of ether oxygens (including phenoxy) is 1. The van der Waals surface area contributed by atoms with E-state index in [9.17, 15) is 9.18 Å². The minimum absolute atomic E-state index is 0.150. The van der Waals surface area contributed by atoms with Crippen molar-refractivity contribution in [1.82, 2.24) is 19.9 Å². The van der Waals surface area contributed by atoms with Gasteiger partial charge < -0.3 is 14.8 Å². The zero-order chi connectivity index (χ0) is 23.3. The molecular weight excluding hydrogens is 453 g/mol. The molecule has 9 heteroatoms. The van der Waals surface area contributed by atoms with Crippen LogP contribution < -0.4 is 10.1 Å². The fourth-order valence-corrected chi connectivity index (χ4v) is 5.03. The van der Waals surface area contributed by atoms with E-state index in [1.54, 1.807) is 23.7 Å². The number of fused-ring (bicyclic) bond motifs is 1. The Kier molecular flexibility index (Phi) is 6.73. The monoisotopic (exact) mass is 477 g/mol. The number of carbonyl (C=O) groups is 1. The highest BCUT2D eigenvalue weighted by molar-refractivity contribution is 7.22. The van der Waals surface area contributed by atoms with Gasteiger partial charge in [0.2, 0.25) is 5.88 Å². The number of nitrogens with zero attached hydrogens (tertiary/aromatic N) is 4. The SMILES string of the molecule is O=C[C@H](F)CN1CCC(c2nccnc2Oc2ccc(Nc3nc4ccccc4s3)cc2)CC1. The third-order valence-corrected chi connectivity index (χ3v) is 6.81. The number of thiazole rings is 1. The number of alkyl halides is 1. The van der Waals surface area contributed by atoms with Gasteiger partial charge in [0.15, 0.2) is 17.6 Å². The normalized spacial score (nSPS) is 15.8. The van der Waals surface area contributed by atoms with Crippen molar-refractivity contribution in [2.45, 2.75) is 24.9 Å². The van der Waals surface area contributed by atoms with Gasteiger partial charge in [-0.05, 0) is 62.3 Å². The van der Waals surface area contributed by atoms with Crippen molar-refractivity contribution in [3.63, 3.8) is 0 Å². The summed E-state index contributed by atoms with van der Waals surface area (Å²) >= 11 is 1.61. The first-order valence-electron chi connectivity index (χ1n) is 11.2. The molecule has 2 aromatic carbocycles. The number of rotatable bonds is 8. The molecule has 3 heterocycles. The second-order valence-electron chi connectivity index (χ2n) is 8.21. The zero-order valence-electron chi connectivity index (χ0n) is 18.4. The molecule has 1 aliphatic heterocycles. The summed E-state index contributed by atoms with van der Waals surface area (Å²) in [4.78, 5) is 26.1. The lowest BCUT2D eigenvalue weighted by Crippen LogP contribution is -2.37. The zero-order valence-corrected chi connectivity index (χ0v) is 19.2. The van der Waals surface area contributed by atoms with Crippen LogP contribution in [0.15, 0.2) is 60.9 Å². The molecule has 1 atom stereocenters. The second kappa shape index (κ2) is 10.2. The third kappa shape index (κ3) is 5.21. The van der Waals surface area contributed by atoms with Gasteiger partial charge in [0.25, 0.3) is 0 Å². The number of aromatic nitrogens is 3. The average Bonchev–Trinajstić information content (AvgIpc) is 3.28. The highest BCUT2D eigenvalue weighted by Gasteiger charge is 2.26. The Labute approximate surface area is 200 Å². The lowest BCUT2D eigenvalue weighted by molar-refractivity contribution is -0.112. The maximum absolute atomic E-state index is 13.4. The van der Waals surface area contributed by atoms with Crippen LogP contribution in [0.3, 0.4) is 0 Å². The topological polar surface area (TPSA) is 80.2 Å². The first-order valence-corrected chi connectivity index (χ1v) is 12.0. The Morgan fingerprint density at radius 1 is 1.12 bits per heavy atom. The van der Waals surface area contributed by atoms with Crippen LogP contribution in [0.4, 0.5) is 15.2 Å². The van der Waals surface area contributed by atoms with Crippen LogP contribution in [0, 0.1) is 0 Å². The Bertz CT molecular complexity index is 1220. The van der Waals surface area contributed by atoms with E-state index in [2.05, 4.69) is 26.3 Å². The van der Waals surface area contributed by atoms with Gasteiger partial charge in [0, 0.05) is 30.5 Å². The molecule has 0 spiro atoms. The molecule has 5 rings (SSSR count). The molecule has 1 saturated heterocycles. The summed E-state index contributed by atoms with van der Waals surface area (Å²) in [5, 5.41) is 4.18. The van der Waals surface area contributed by atoms with Gasteiger partial charge in [-0.15, -0.1) is 0 Å². The lowest BCUT2D eigenvalue weighted by Gasteiger charge is -2.31. The van der Waals surface area contributed by atoms with Crippen molar-refractivity contribution in [3.05, 3.63) is 66.6 Å². The van der Waals surface area contributed by atoms with E-state index in [1.807, 2.05) is 47.4 Å². The van der Waals surface area contributed by atoms with E-state index in [0.717, 1.165) is 39.6 Å². The van der Waals surface area contributed by atoms with Crippen LogP contribution in [0.5, 0.6) is 11.6 Å². The smallest absolute Gasteiger partial charge is 0.241 e. The summed E-state index contributed by atoms with van der Waals surface area (Å²) < 4.78 is 20.6. The molecule has 0 amide bonds. The third-order valence-electron chi connectivity index (χ3n) is 5.86. The summed E-state index contributed by atoms with van der Waals surface area (Å²) in [5.74, 6) is 1.33. The number of hydrogen-bond acceptors (Lipinski definition) is 8. The van der Waals surface area contributed by atoms with Crippen LogP contribution in [0.1, 0.15) is 24.5 Å². The summed E-state index contributed by atoms with van der Waals surface area (Å²) in [7, 11) is 0. The van der Waals surface area contributed by atoms with E-state index in [1.165, 1.54) is 0 Å². The first-order chi connectivity index (χ1) is 16.7. The second-order valence-corrected chi connectivity index (χ2v) is 9.24. The largest absolute Gasteiger partial charge is 0.437 e. The Morgan fingerprint density at radius 2 is 1.88 bits per heavy atom.